The van der Waals surface area contributed by atoms with Crippen molar-refractivity contribution in [1.29, 1.82) is 0 Å². The van der Waals surface area contributed by atoms with Crippen LogP contribution in [0.4, 0.5) is 4.39 Å². The molecule has 0 radical (unpaired) electrons. The third-order valence-corrected chi connectivity index (χ3v) is 3.63. The lowest BCUT2D eigenvalue weighted by Gasteiger charge is -2.21. The first kappa shape index (κ1) is 12.5. The summed E-state index contributed by atoms with van der Waals surface area (Å²) in [4.78, 5) is 14.1. The topological polar surface area (TPSA) is 20.3 Å². The fourth-order valence-corrected chi connectivity index (χ4v) is 2.45. The maximum atomic E-state index is 13.0. The summed E-state index contributed by atoms with van der Waals surface area (Å²) in [6.07, 6.45) is 3.83. The molecule has 0 bridgehead atoms. The van der Waals surface area contributed by atoms with Crippen LogP contribution in [-0.2, 0) is 0 Å². The van der Waals surface area contributed by atoms with Crippen LogP contribution >= 0.6 is 22.6 Å². The Morgan fingerprint density at radius 1 is 1.59 bits per heavy atom. The van der Waals surface area contributed by atoms with Gasteiger partial charge in [0.25, 0.3) is 5.91 Å². The molecule has 0 saturated heterocycles. The summed E-state index contributed by atoms with van der Waals surface area (Å²) < 4.78 is 13.6. The first-order valence-electron chi connectivity index (χ1n) is 5.50. The summed E-state index contributed by atoms with van der Waals surface area (Å²) in [7, 11) is 0. The molecular formula is C13H13FINO. The second kappa shape index (κ2) is 5.16. The molecule has 1 fully saturated rings. The van der Waals surface area contributed by atoms with Crippen molar-refractivity contribution in [3.05, 3.63) is 45.8 Å². The molecule has 1 aliphatic carbocycles. The van der Waals surface area contributed by atoms with Crippen LogP contribution in [0.25, 0.3) is 0 Å². The average molecular weight is 345 g/mol. The number of rotatable bonds is 4. The van der Waals surface area contributed by atoms with Crippen molar-refractivity contribution < 1.29 is 9.18 Å². The van der Waals surface area contributed by atoms with E-state index in [9.17, 15) is 9.18 Å². The zero-order valence-corrected chi connectivity index (χ0v) is 11.5. The van der Waals surface area contributed by atoms with Gasteiger partial charge in [-0.1, -0.05) is 6.08 Å². The van der Waals surface area contributed by atoms with Gasteiger partial charge in [0.1, 0.15) is 5.82 Å². The minimum absolute atomic E-state index is 0.0307. The van der Waals surface area contributed by atoms with Gasteiger partial charge in [-0.3, -0.25) is 4.79 Å². The highest BCUT2D eigenvalue weighted by molar-refractivity contribution is 14.1. The van der Waals surface area contributed by atoms with Crippen LogP contribution in [0.2, 0.25) is 0 Å². The van der Waals surface area contributed by atoms with Gasteiger partial charge in [0.15, 0.2) is 0 Å². The van der Waals surface area contributed by atoms with Crippen LogP contribution in [0, 0.1) is 9.39 Å². The van der Waals surface area contributed by atoms with Crippen molar-refractivity contribution in [2.75, 3.05) is 6.54 Å². The van der Waals surface area contributed by atoms with E-state index in [1.807, 2.05) is 27.5 Å². The van der Waals surface area contributed by atoms with Crippen molar-refractivity contribution in [3.8, 4) is 0 Å². The molecule has 0 N–H and O–H groups in total. The van der Waals surface area contributed by atoms with Crippen LogP contribution in [0.15, 0.2) is 30.9 Å². The molecule has 0 aliphatic heterocycles. The number of halogens is 2. The van der Waals surface area contributed by atoms with E-state index in [2.05, 4.69) is 6.58 Å². The lowest BCUT2D eigenvalue weighted by molar-refractivity contribution is 0.0761. The first-order chi connectivity index (χ1) is 8.13. The molecule has 17 heavy (non-hydrogen) atoms. The predicted molar refractivity (Wildman–Crippen MR) is 73.4 cm³/mol. The fourth-order valence-electron chi connectivity index (χ4n) is 1.74. The molecule has 1 aliphatic rings. The number of carbonyl (C=O) groups is 1. The Hall–Kier alpha value is -0.910. The monoisotopic (exact) mass is 345 g/mol. The second-order valence-electron chi connectivity index (χ2n) is 4.10. The zero-order valence-electron chi connectivity index (χ0n) is 9.33. The maximum Gasteiger partial charge on any atom is 0.255 e. The third kappa shape index (κ3) is 2.86. The summed E-state index contributed by atoms with van der Waals surface area (Å²) in [5.41, 5.74) is 0.570. The fraction of sp³-hybridized carbons (Fsp3) is 0.308. The normalized spacial score (nSPS) is 14.5. The molecule has 0 heterocycles. The zero-order chi connectivity index (χ0) is 12.4. The van der Waals surface area contributed by atoms with Gasteiger partial charge >= 0.3 is 0 Å². The van der Waals surface area contributed by atoms with Crippen molar-refractivity contribution >= 4 is 28.5 Å². The molecule has 0 spiro atoms. The molecule has 1 saturated carbocycles. The van der Waals surface area contributed by atoms with E-state index in [0.29, 0.717) is 21.7 Å². The third-order valence-electron chi connectivity index (χ3n) is 2.74. The summed E-state index contributed by atoms with van der Waals surface area (Å²) in [5, 5.41) is 0. The molecule has 0 aromatic heterocycles. The van der Waals surface area contributed by atoms with Crippen molar-refractivity contribution in [2.45, 2.75) is 18.9 Å². The first-order valence-corrected chi connectivity index (χ1v) is 6.58. The van der Waals surface area contributed by atoms with Crippen molar-refractivity contribution in [3.63, 3.8) is 0 Å². The van der Waals surface area contributed by atoms with Gasteiger partial charge in [0, 0.05) is 16.2 Å². The molecule has 4 heteroatoms. The summed E-state index contributed by atoms with van der Waals surface area (Å²) in [6.45, 7) is 4.22. The number of carbonyl (C=O) groups excluding carboxylic acids is 1. The summed E-state index contributed by atoms with van der Waals surface area (Å²) in [6, 6.07) is 4.60. The quantitative estimate of drug-likeness (QED) is 0.606. The highest BCUT2D eigenvalue weighted by atomic mass is 127. The van der Waals surface area contributed by atoms with Crippen molar-refractivity contribution in [2.24, 2.45) is 0 Å². The Kier molecular flexibility index (Phi) is 3.81. The molecule has 1 amide bonds. The minimum Gasteiger partial charge on any atom is -0.332 e. The van der Waals surface area contributed by atoms with Gasteiger partial charge in [-0.25, -0.2) is 4.39 Å². The Morgan fingerprint density at radius 3 is 2.82 bits per heavy atom. The van der Waals surface area contributed by atoms with E-state index in [-0.39, 0.29) is 11.7 Å². The van der Waals surface area contributed by atoms with Gasteiger partial charge in [-0.05, 0) is 53.6 Å². The van der Waals surface area contributed by atoms with Crippen LogP contribution in [0.1, 0.15) is 23.2 Å². The number of benzene rings is 1. The molecule has 90 valence electrons. The van der Waals surface area contributed by atoms with Crippen LogP contribution in [-0.4, -0.2) is 23.4 Å². The second-order valence-corrected chi connectivity index (χ2v) is 5.26. The van der Waals surface area contributed by atoms with E-state index in [1.165, 1.54) is 12.1 Å². The highest BCUT2D eigenvalue weighted by Gasteiger charge is 2.32. The molecule has 0 unspecified atom stereocenters. The molecule has 0 atom stereocenters. The van der Waals surface area contributed by atoms with Gasteiger partial charge in [0.05, 0.1) is 5.56 Å². The number of hydrogen-bond donors (Lipinski definition) is 0. The average Bonchev–Trinajstić information content (AvgIpc) is 3.09. The maximum absolute atomic E-state index is 13.0. The smallest absolute Gasteiger partial charge is 0.255 e. The summed E-state index contributed by atoms with van der Waals surface area (Å²) >= 11 is 1.99. The van der Waals surface area contributed by atoms with E-state index < -0.39 is 0 Å². The minimum atomic E-state index is -0.312. The van der Waals surface area contributed by atoms with E-state index in [0.717, 1.165) is 12.8 Å². The van der Waals surface area contributed by atoms with Crippen molar-refractivity contribution in [1.82, 2.24) is 4.90 Å². The Labute approximate surface area is 114 Å². The summed E-state index contributed by atoms with van der Waals surface area (Å²) in [5.74, 6) is -0.343. The molecule has 2 rings (SSSR count). The van der Waals surface area contributed by atoms with Crippen LogP contribution in [0.3, 0.4) is 0 Å². The largest absolute Gasteiger partial charge is 0.332 e. The number of hydrogen-bond acceptors (Lipinski definition) is 1. The predicted octanol–water partition coefficient (Wildman–Crippen LogP) is 3.22. The lowest BCUT2D eigenvalue weighted by atomic mass is 10.2. The lowest BCUT2D eigenvalue weighted by Crippen LogP contribution is -2.33. The SMILES string of the molecule is C=CCN(C(=O)c1ccc(F)cc1I)C1CC1. The Balaban J connectivity index is 2.24. The van der Waals surface area contributed by atoms with E-state index in [4.69, 9.17) is 0 Å². The molecule has 1 aromatic rings. The van der Waals surface area contributed by atoms with E-state index in [1.54, 1.807) is 12.1 Å². The van der Waals surface area contributed by atoms with Gasteiger partial charge in [-0.15, -0.1) is 6.58 Å². The number of nitrogens with zero attached hydrogens (tertiary/aromatic N) is 1. The van der Waals surface area contributed by atoms with Gasteiger partial charge in [-0.2, -0.15) is 0 Å². The van der Waals surface area contributed by atoms with Crippen LogP contribution in [0.5, 0.6) is 0 Å². The standard InChI is InChI=1S/C13H13FINO/c1-2-7-16(10-4-5-10)13(17)11-6-3-9(14)8-12(11)15/h2-3,6,8,10H,1,4-5,7H2. The van der Waals surface area contributed by atoms with E-state index >= 15 is 0 Å². The molecule has 2 nitrogen and oxygen atoms in total. The Morgan fingerprint density at radius 2 is 2.29 bits per heavy atom. The highest BCUT2D eigenvalue weighted by Crippen LogP contribution is 2.29. The molecule has 1 aromatic carbocycles. The number of amides is 1. The molecular weight excluding hydrogens is 332 g/mol. The van der Waals surface area contributed by atoms with Gasteiger partial charge < -0.3 is 4.90 Å². The van der Waals surface area contributed by atoms with Crippen LogP contribution < -0.4 is 0 Å². The Bertz CT molecular complexity index is 457. The van der Waals surface area contributed by atoms with Gasteiger partial charge in [0.2, 0.25) is 0 Å².